The number of nitrogens with zero attached hydrogens (tertiary/aromatic N) is 1. The molecule has 4 rings (SSSR count). The van der Waals surface area contributed by atoms with Crippen molar-refractivity contribution in [3.8, 4) is 5.75 Å². The highest BCUT2D eigenvalue weighted by Crippen LogP contribution is 2.39. The Morgan fingerprint density at radius 1 is 1.00 bits per heavy atom. The lowest BCUT2D eigenvalue weighted by atomic mass is 10.1. The van der Waals surface area contributed by atoms with Crippen LogP contribution in [0.5, 0.6) is 5.75 Å². The van der Waals surface area contributed by atoms with Crippen LogP contribution in [0, 0.1) is 0 Å². The molecule has 4 nitrogen and oxygen atoms in total. The third kappa shape index (κ3) is 2.98. The first-order valence-electron chi connectivity index (χ1n) is 7.55. The molecule has 0 saturated carbocycles. The summed E-state index contributed by atoms with van der Waals surface area (Å²) >= 11 is 1.67. The summed E-state index contributed by atoms with van der Waals surface area (Å²) in [5.74, 6) is 1.71. The van der Waals surface area contributed by atoms with Gasteiger partial charge in [0.05, 0.1) is 11.4 Å². The molecule has 1 heterocycles. The molecule has 1 amide bonds. The minimum absolute atomic E-state index is 0.505. The van der Waals surface area contributed by atoms with E-state index in [1.54, 1.807) is 23.9 Å². The third-order valence-corrected chi connectivity index (χ3v) is 4.80. The molecule has 24 heavy (non-hydrogen) atoms. The van der Waals surface area contributed by atoms with Crippen LogP contribution in [0.2, 0.25) is 0 Å². The molecule has 118 valence electrons. The van der Waals surface area contributed by atoms with Gasteiger partial charge in [-0.15, -0.1) is 11.8 Å². The summed E-state index contributed by atoms with van der Waals surface area (Å²) in [6.45, 7) is 0. The molecule has 0 atom stereocenters. The van der Waals surface area contributed by atoms with E-state index in [9.17, 15) is 4.79 Å². The number of ether oxygens (including phenoxy) is 1. The Hall–Kier alpha value is -2.79. The minimum atomic E-state index is -0.523. The molecule has 1 N–H and O–H groups in total. The van der Waals surface area contributed by atoms with Crippen molar-refractivity contribution < 1.29 is 9.53 Å². The third-order valence-electron chi connectivity index (χ3n) is 3.67. The first kappa shape index (κ1) is 14.8. The zero-order valence-electron chi connectivity index (χ0n) is 12.7. The number of para-hydroxylation sites is 1. The van der Waals surface area contributed by atoms with Gasteiger partial charge in [-0.3, -0.25) is 5.32 Å². The molecular formula is C19H14N2O2S. The summed E-state index contributed by atoms with van der Waals surface area (Å²) in [6.07, 6.45) is -0.523. The lowest BCUT2D eigenvalue weighted by Crippen LogP contribution is -2.35. The fraction of sp³-hybridized carbons (Fsp3) is 0.0526. The van der Waals surface area contributed by atoms with Crippen molar-refractivity contribution >= 4 is 40.2 Å². The Labute approximate surface area is 143 Å². The molecule has 3 aromatic rings. The van der Waals surface area contributed by atoms with Crippen molar-refractivity contribution in [1.82, 2.24) is 5.32 Å². The number of amides is 1. The Bertz CT molecular complexity index is 939. The highest BCUT2D eigenvalue weighted by molar-refractivity contribution is 8.00. The molecule has 0 bridgehead atoms. The summed E-state index contributed by atoms with van der Waals surface area (Å²) in [5, 5.41) is 5.11. The SMILES string of the molecule is O=C(NC1=Nc2ccc3ccccc3c2SC1)Oc1ccccc1. The zero-order chi connectivity index (χ0) is 16.4. The Morgan fingerprint density at radius 2 is 1.79 bits per heavy atom. The fourth-order valence-corrected chi connectivity index (χ4v) is 3.61. The standard InChI is InChI=1S/C19H14N2O2S/c22-19(23-14-7-2-1-3-8-14)21-17-12-24-18-15-9-5-4-6-13(15)10-11-16(18)20-17/h1-11H,12H2,(H,20,21,22). The van der Waals surface area contributed by atoms with Crippen LogP contribution in [-0.4, -0.2) is 17.7 Å². The van der Waals surface area contributed by atoms with Crippen LogP contribution in [0.25, 0.3) is 10.8 Å². The summed E-state index contributed by atoms with van der Waals surface area (Å²) < 4.78 is 5.24. The summed E-state index contributed by atoms with van der Waals surface area (Å²) in [4.78, 5) is 17.7. The van der Waals surface area contributed by atoms with Crippen LogP contribution >= 0.6 is 11.8 Å². The van der Waals surface area contributed by atoms with Gasteiger partial charge in [0, 0.05) is 4.90 Å². The predicted molar refractivity (Wildman–Crippen MR) is 97.4 cm³/mol. The molecule has 0 saturated heterocycles. The van der Waals surface area contributed by atoms with Crippen molar-refractivity contribution in [3.05, 3.63) is 66.7 Å². The van der Waals surface area contributed by atoms with E-state index in [0.717, 1.165) is 10.6 Å². The maximum Gasteiger partial charge on any atom is 0.418 e. The number of fused-ring (bicyclic) bond motifs is 3. The summed E-state index contributed by atoms with van der Waals surface area (Å²) in [7, 11) is 0. The van der Waals surface area contributed by atoms with Crippen LogP contribution in [-0.2, 0) is 0 Å². The van der Waals surface area contributed by atoms with Gasteiger partial charge in [-0.05, 0) is 29.0 Å². The smallest absolute Gasteiger partial charge is 0.410 e. The first-order chi connectivity index (χ1) is 11.8. The van der Waals surface area contributed by atoms with E-state index in [1.807, 2.05) is 42.5 Å². The summed E-state index contributed by atoms with van der Waals surface area (Å²) in [6, 6.07) is 21.2. The number of hydrogen-bond acceptors (Lipinski definition) is 4. The largest absolute Gasteiger partial charge is 0.418 e. The number of rotatable bonds is 1. The number of hydrogen-bond donors (Lipinski definition) is 1. The molecule has 1 aliphatic rings. The van der Waals surface area contributed by atoms with E-state index in [0.29, 0.717) is 17.3 Å². The maximum atomic E-state index is 12.0. The molecule has 1 aliphatic heterocycles. The second kappa shape index (κ2) is 6.37. The average molecular weight is 334 g/mol. The number of carbonyl (C=O) groups excluding carboxylic acids is 1. The van der Waals surface area contributed by atoms with E-state index < -0.39 is 6.09 Å². The van der Waals surface area contributed by atoms with Crippen molar-refractivity contribution in [3.63, 3.8) is 0 Å². The average Bonchev–Trinajstić information content (AvgIpc) is 2.62. The van der Waals surface area contributed by atoms with Gasteiger partial charge in [0.15, 0.2) is 0 Å². The molecule has 0 aromatic heterocycles. The van der Waals surface area contributed by atoms with Crippen LogP contribution in [0.4, 0.5) is 10.5 Å². The second-order valence-corrected chi connectivity index (χ2v) is 6.30. The molecule has 0 fully saturated rings. The highest BCUT2D eigenvalue weighted by atomic mass is 32.2. The van der Waals surface area contributed by atoms with Crippen LogP contribution in [0.3, 0.4) is 0 Å². The van der Waals surface area contributed by atoms with E-state index in [1.165, 1.54) is 10.8 Å². The maximum absolute atomic E-state index is 12.0. The van der Waals surface area contributed by atoms with Crippen molar-refractivity contribution in [1.29, 1.82) is 0 Å². The van der Waals surface area contributed by atoms with E-state index >= 15 is 0 Å². The van der Waals surface area contributed by atoms with Gasteiger partial charge in [-0.2, -0.15) is 0 Å². The zero-order valence-corrected chi connectivity index (χ0v) is 13.5. The lowest BCUT2D eigenvalue weighted by Gasteiger charge is -2.17. The Balaban J connectivity index is 1.55. The molecule has 0 spiro atoms. The van der Waals surface area contributed by atoms with Crippen molar-refractivity contribution in [2.75, 3.05) is 5.75 Å². The first-order valence-corrected chi connectivity index (χ1v) is 8.54. The topological polar surface area (TPSA) is 50.7 Å². The van der Waals surface area contributed by atoms with E-state index in [2.05, 4.69) is 22.4 Å². The lowest BCUT2D eigenvalue weighted by molar-refractivity contribution is 0.206. The number of benzene rings is 3. The summed E-state index contributed by atoms with van der Waals surface area (Å²) in [5.41, 5.74) is 0.875. The van der Waals surface area contributed by atoms with E-state index in [-0.39, 0.29) is 0 Å². The van der Waals surface area contributed by atoms with Gasteiger partial charge < -0.3 is 4.74 Å². The molecular weight excluding hydrogens is 320 g/mol. The number of amidine groups is 1. The van der Waals surface area contributed by atoms with Gasteiger partial charge in [0.2, 0.25) is 0 Å². The van der Waals surface area contributed by atoms with Gasteiger partial charge in [0.1, 0.15) is 11.6 Å². The molecule has 5 heteroatoms. The molecule has 0 aliphatic carbocycles. The fourth-order valence-electron chi connectivity index (χ4n) is 2.59. The number of thioether (sulfide) groups is 1. The Kier molecular flexibility index (Phi) is 3.92. The molecule has 3 aromatic carbocycles. The minimum Gasteiger partial charge on any atom is -0.410 e. The van der Waals surface area contributed by atoms with Gasteiger partial charge in [0.25, 0.3) is 0 Å². The molecule has 0 radical (unpaired) electrons. The van der Waals surface area contributed by atoms with Gasteiger partial charge in [-0.25, -0.2) is 9.79 Å². The second-order valence-electron chi connectivity index (χ2n) is 5.31. The number of carbonyl (C=O) groups is 1. The van der Waals surface area contributed by atoms with Crippen molar-refractivity contribution in [2.24, 2.45) is 4.99 Å². The van der Waals surface area contributed by atoms with Gasteiger partial charge in [-0.1, -0.05) is 48.5 Å². The normalized spacial score (nSPS) is 13.1. The predicted octanol–water partition coefficient (Wildman–Crippen LogP) is 4.76. The number of aliphatic imine (C=N–C) groups is 1. The molecule has 0 unspecified atom stereocenters. The van der Waals surface area contributed by atoms with Gasteiger partial charge >= 0.3 is 6.09 Å². The monoisotopic (exact) mass is 334 g/mol. The Morgan fingerprint density at radius 3 is 2.67 bits per heavy atom. The van der Waals surface area contributed by atoms with Crippen LogP contribution < -0.4 is 10.1 Å². The van der Waals surface area contributed by atoms with Crippen LogP contribution in [0.1, 0.15) is 0 Å². The number of nitrogens with one attached hydrogen (secondary N) is 1. The van der Waals surface area contributed by atoms with Crippen molar-refractivity contribution in [2.45, 2.75) is 4.90 Å². The quantitative estimate of drug-likeness (QED) is 0.698. The van der Waals surface area contributed by atoms with E-state index in [4.69, 9.17) is 4.74 Å². The highest BCUT2D eigenvalue weighted by Gasteiger charge is 2.17. The van der Waals surface area contributed by atoms with Crippen LogP contribution in [0.15, 0.2) is 76.6 Å².